The molecular formula is C15H15N3O. The quantitative estimate of drug-likeness (QED) is 0.772. The molecule has 0 aliphatic carbocycles. The van der Waals surface area contributed by atoms with Crippen LogP contribution < -0.4 is 5.32 Å². The molecular weight excluding hydrogens is 238 g/mol. The summed E-state index contributed by atoms with van der Waals surface area (Å²) in [4.78, 5) is 14.2. The van der Waals surface area contributed by atoms with Gasteiger partial charge in [-0.1, -0.05) is 18.2 Å². The molecule has 19 heavy (non-hydrogen) atoms. The summed E-state index contributed by atoms with van der Waals surface area (Å²) in [7, 11) is 0. The molecule has 2 aliphatic rings. The fourth-order valence-corrected chi connectivity index (χ4v) is 3.11. The molecule has 0 radical (unpaired) electrons. The molecule has 1 amide bonds. The SMILES string of the molecule is O=C1CNCC2c3cccn3-c3ccccc3CN12. The van der Waals surface area contributed by atoms with Crippen LogP contribution >= 0.6 is 0 Å². The monoisotopic (exact) mass is 253 g/mol. The maximum absolute atomic E-state index is 12.2. The van der Waals surface area contributed by atoms with Gasteiger partial charge in [0.05, 0.1) is 18.3 Å². The van der Waals surface area contributed by atoms with Crippen LogP contribution in [0.25, 0.3) is 5.69 Å². The molecule has 0 saturated carbocycles. The van der Waals surface area contributed by atoms with Gasteiger partial charge in [0, 0.05) is 25.0 Å². The zero-order chi connectivity index (χ0) is 12.8. The third-order valence-electron chi connectivity index (χ3n) is 4.02. The van der Waals surface area contributed by atoms with Crippen LogP contribution in [0.3, 0.4) is 0 Å². The van der Waals surface area contributed by atoms with Crippen molar-refractivity contribution in [1.29, 1.82) is 0 Å². The number of benzene rings is 1. The molecule has 2 aliphatic heterocycles. The van der Waals surface area contributed by atoms with E-state index in [1.807, 2.05) is 17.0 Å². The molecule has 1 saturated heterocycles. The zero-order valence-electron chi connectivity index (χ0n) is 10.5. The van der Waals surface area contributed by atoms with Crippen LogP contribution in [0, 0.1) is 0 Å². The van der Waals surface area contributed by atoms with E-state index in [1.165, 1.54) is 16.9 Å². The van der Waals surface area contributed by atoms with E-state index in [0.717, 1.165) is 6.54 Å². The van der Waals surface area contributed by atoms with Gasteiger partial charge in [-0.3, -0.25) is 4.79 Å². The number of aromatic nitrogens is 1. The maximum Gasteiger partial charge on any atom is 0.237 e. The number of para-hydroxylation sites is 1. The van der Waals surface area contributed by atoms with Gasteiger partial charge >= 0.3 is 0 Å². The highest BCUT2D eigenvalue weighted by atomic mass is 16.2. The van der Waals surface area contributed by atoms with Crippen molar-refractivity contribution >= 4 is 5.91 Å². The Morgan fingerprint density at radius 3 is 3.00 bits per heavy atom. The lowest BCUT2D eigenvalue weighted by Gasteiger charge is -2.34. The molecule has 0 bridgehead atoms. The van der Waals surface area contributed by atoms with Crippen LogP contribution in [0.4, 0.5) is 0 Å². The number of rotatable bonds is 0. The first-order valence-electron chi connectivity index (χ1n) is 6.60. The zero-order valence-corrected chi connectivity index (χ0v) is 10.5. The average molecular weight is 253 g/mol. The Bertz CT molecular complexity index is 646. The molecule has 4 heteroatoms. The maximum atomic E-state index is 12.2. The fraction of sp³-hybridized carbons (Fsp3) is 0.267. The van der Waals surface area contributed by atoms with E-state index in [9.17, 15) is 4.79 Å². The van der Waals surface area contributed by atoms with E-state index in [0.29, 0.717) is 13.1 Å². The number of hydrogen-bond acceptors (Lipinski definition) is 2. The Morgan fingerprint density at radius 1 is 1.16 bits per heavy atom. The summed E-state index contributed by atoms with van der Waals surface area (Å²) in [5.74, 6) is 0.181. The van der Waals surface area contributed by atoms with Gasteiger partial charge < -0.3 is 14.8 Å². The van der Waals surface area contributed by atoms with E-state index in [1.54, 1.807) is 0 Å². The van der Waals surface area contributed by atoms with Crippen molar-refractivity contribution in [2.75, 3.05) is 13.1 Å². The molecule has 1 aromatic heterocycles. The lowest BCUT2D eigenvalue weighted by molar-refractivity contribution is -0.135. The standard InChI is InChI=1S/C15H15N3O/c19-15-9-16-8-14-13-6-3-7-17(13)12-5-2-1-4-11(12)10-18(14)15/h1-7,14,16H,8-10H2. The number of hydrogen-bond donors (Lipinski definition) is 1. The molecule has 4 rings (SSSR count). The van der Waals surface area contributed by atoms with Crippen LogP contribution in [-0.2, 0) is 11.3 Å². The van der Waals surface area contributed by atoms with Gasteiger partial charge in [-0.15, -0.1) is 0 Å². The van der Waals surface area contributed by atoms with Gasteiger partial charge in [0.25, 0.3) is 0 Å². The molecule has 3 heterocycles. The number of carbonyl (C=O) groups excluding carboxylic acids is 1. The Hall–Kier alpha value is -2.07. The van der Waals surface area contributed by atoms with Gasteiger partial charge in [-0.2, -0.15) is 0 Å². The van der Waals surface area contributed by atoms with E-state index in [-0.39, 0.29) is 11.9 Å². The molecule has 1 atom stereocenters. The summed E-state index contributed by atoms with van der Waals surface area (Å²) in [5, 5.41) is 3.21. The Morgan fingerprint density at radius 2 is 2.05 bits per heavy atom. The van der Waals surface area contributed by atoms with E-state index in [2.05, 4.69) is 40.3 Å². The van der Waals surface area contributed by atoms with Crippen molar-refractivity contribution < 1.29 is 4.79 Å². The Labute approximate surface area is 111 Å². The normalized spacial score (nSPS) is 21.4. The van der Waals surface area contributed by atoms with Crippen molar-refractivity contribution in [3.8, 4) is 5.69 Å². The van der Waals surface area contributed by atoms with Gasteiger partial charge in [-0.25, -0.2) is 0 Å². The predicted molar refractivity (Wildman–Crippen MR) is 71.9 cm³/mol. The van der Waals surface area contributed by atoms with Crippen molar-refractivity contribution in [3.05, 3.63) is 53.9 Å². The second-order valence-corrected chi connectivity index (χ2v) is 5.10. The second kappa shape index (κ2) is 3.96. The molecule has 2 aromatic rings. The number of fused-ring (bicyclic) bond motifs is 5. The van der Waals surface area contributed by atoms with Crippen molar-refractivity contribution in [1.82, 2.24) is 14.8 Å². The minimum absolute atomic E-state index is 0.128. The van der Waals surface area contributed by atoms with Crippen LogP contribution in [0.2, 0.25) is 0 Å². The minimum Gasteiger partial charge on any atom is -0.327 e. The van der Waals surface area contributed by atoms with Crippen molar-refractivity contribution in [2.24, 2.45) is 0 Å². The number of piperazine rings is 1. The molecule has 1 fully saturated rings. The fourth-order valence-electron chi connectivity index (χ4n) is 3.11. The molecule has 0 spiro atoms. The van der Waals surface area contributed by atoms with E-state index >= 15 is 0 Å². The highest BCUT2D eigenvalue weighted by Crippen LogP contribution is 2.32. The van der Waals surface area contributed by atoms with Gasteiger partial charge in [0.2, 0.25) is 5.91 Å². The lowest BCUT2D eigenvalue weighted by atomic mass is 10.1. The van der Waals surface area contributed by atoms with Crippen LogP contribution in [-0.4, -0.2) is 28.5 Å². The van der Waals surface area contributed by atoms with Crippen LogP contribution in [0.1, 0.15) is 17.3 Å². The number of carbonyl (C=O) groups is 1. The summed E-state index contributed by atoms with van der Waals surface area (Å²) >= 11 is 0. The third-order valence-corrected chi connectivity index (χ3v) is 4.02. The Balaban J connectivity index is 1.95. The largest absolute Gasteiger partial charge is 0.327 e. The summed E-state index contributed by atoms with van der Waals surface area (Å²) in [6.45, 7) is 1.96. The number of amides is 1. The highest BCUT2D eigenvalue weighted by Gasteiger charge is 2.33. The van der Waals surface area contributed by atoms with Gasteiger partial charge in [0.1, 0.15) is 0 Å². The van der Waals surface area contributed by atoms with Crippen LogP contribution in [0.15, 0.2) is 42.6 Å². The number of nitrogens with zero attached hydrogens (tertiary/aromatic N) is 2. The molecule has 1 aromatic carbocycles. The van der Waals surface area contributed by atoms with E-state index < -0.39 is 0 Å². The second-order valence-electron chi connectivity index (χ2n) is 5.10. The summed E-state index contributed by atoms with van der Waals surface area (Å²) in [5.41, 5.74) is 3.58. The highest BCUT2D eigenvalue weighted by molar-refractivity contribution is 5.80. The van der Waals surface area contributed by atoms with E-state index in [4.69, 9.17) is 0 Å². The Kier molecular flexibility index (Phi) is 2.26. The molecule has 1 N–H and O–H groups in total. The first kappa shape index (κ1) is 10.8. The van der Waals surface area contributed by atoms with Crippen molar-refractivity contribution in [2.45, 2.75) is 12.6 Å². The summed E-state index contributed by atoms with van der Waals surface area (Å²) in [6.07, 6.45) is 2.08. The smallest absolute Gasteiger partial charge is 0.237 e. The summed E-state index contributed by atoms with van der Waals surface area (Å²) < 4.78 is 2.21. The van der Waals surface area contributed by atoms with Crippen LogP contribution in [0.5, 0.6) is 0 Å². The molecule has 4 nitrogen and oxygen atoms in total. The molecule has 96 valence electrons. The topological polar surface area (TPSA) is 37.3 Å². The lowest BCUT2D eigenvalue weighted by Crippen LogP contribution is -2.49. The number of nitrogens with one attached hydrogen (secondary N) is 1. The first-order valence-corrected chi connectivity index (χ1v) is 6.60. The minimum atomic E-state index is 0.128. The van der Waals surface area contributed by atoms with Crippen molar-refractivity contribution in [3.63, 3.8) is 0 Å². The first-order chi connectivity index (χ1) is 9.34. The molecule has 1 unspecified atom stereocenters. The third kappa shape index (κ3) is 1.53. The summed E-state index contributed by atoms with van der Waals surface area (Å²) in [6, 6.07) is 12.6. The average Bonchev–Trinajstić information content (AvgIpc) is 2.86. The van der Waals surface area contributed by atoms with Gasteiger partial charge in [-0.05, 0) is 23.8 Å². The predicted octanol–water partition coefficient (Wildman–Crippen LogP) is 1.46. The van der Waals surface area contributed by atoms with Gasteiger partial charge in [0.15, 0.2) is 0 Å².